The van der Waals surface area contributed by atoms with Crippen LogP contribution in [0.2, 0.25) is 0 Å². The molecule has 2 atom stereocenters. The first-order chi connectivity index (χ1) is 22.5. The van der Waals surface area contributed by atoms with E-state index >= 15 is 0 Å². The van der Waals surface area contributed by atoms with Crippen LogP contribution in [0.5, 0.6) is 29.3 Å². The predicted octanol–water partition coefficient (Wildman–Crippen LogP) is 4.27. The smallest absolute Gasteiger partial charge is 0.342 e. The monoisotopic (exact) mass is 641 g/mol. The molecule has 1 amide bonds. The molecule has 1 aliphatic rings. The van der Waals surface area contributed by atoms with Crippen molar-refractivity contribution in [3.8, 4) is 29.3 Å². The van der Waals surface area contributed by atoms with Gasteiger partial charge < -0.3 is 39.8 Å². The Kier molecular flexibility index (Phi) is 9.61. The van der Waals surface area contributed by atoms with Crippen LogP contribution in [-0.4, -0.2) is 57.6 Å². The third kappa shape index (κ3) is 7.62. The maximum absolute atomic E-state index is 13.2. The van der Waals surface area contributed by atoms with Crippen LogP contribution in [-0.2, 0) is 20.9 Å². The van der Waals surface area contributed by atoms with E-state index < -0.39 is 36.1 Å². The number of aliphatic hydroxyl groups excluding tert-OH is 1. The topological polar surface area (TPSA) is 205 Å². The summed E-state index contributed by atoms with van der Waals surface area (Å²) < 4.78 is 28.3. The summed E-state index contributed by atoms with van der Waals surface area (Å²) in [6, 6.07) is 17.5. The lowest BCUT2D eigenvalue weighted by atomic mass is 10.1. The molecule has 0 radical (unpaired) electrons. The molecule has 5 N–H and O–H groups in total. The normalized spacial score (nSPS) is 14.1. The summed E-state index contributed by atoms with van der Waals surface area (Å²) in [5.74, 6) is -2.66. The van der Waals surface area contributed by atoms with E-state index in [2.05, 4.69) is 15.3 Å². The van der Waals surface area contributed by atoms with Crippen LogP contribution in [0.4, 0.5) is 5.69 Å². The van der Waals surface area contributed by atoms with E-state index in [1.54, 1.807) is 38.1 Å². The Hall–Kier alpha value is -6.02. The van der Waals surface area contributed by atoms with E-state index in [1.165, 1.54) is 31.2 Å². The fraction of sp³-hybridized carbons (Fsp3) is 0.212. The average molecular weight is 642 g/mol. The number of ether oxygens (including phenoxy) is 5. The Labute approximate surface area is 268 Å². The summed E-state index contributed by atoms with van der Waals surface area (Å²) in [5, 5.41) is 20.6. The van der Waals surface area contributed by atoms with Crippen molar-refractivity contribution in [1.82, 2.24) is 9.97 Å². The summed E-state index contributed by atoms with van der Waals surface area (Å²) in [6.45, 7) is 4.96. The molecule has 14 heteroatoms. The lowest BCUT2D eigenvalue weighted by Gasteiger charge is -2.27. The zero-order valence-corrected chi connectivity index (χ0v) is 25.6. The molecule has 0 spiro atoms. The second-order valence-electron chi connectivity index (χ2n) is 10.4. The molecule has 0 saturated heterocycles. The van der Waals surface area contributed by atoms with Crippen LogP contribution in [0.15, 0.2) is 66.7 Å². The number of nitrogens with one attached hydrogen (secondary N) is 2. The highest BCUT2D eigenvalue weighted by Gasteiger charge is 2.36. The van der Waals surface area contributed by atoms with Crippen molar-refractivity contribution in [3.63, 3.8) is 0 Å². The number of aliphatic hydroxyl groups is 1. The van der Waals surface area contributed by atoms with E-state index in [9.17, 15) is 19.5 Å². The highest BCUT2D eigenvalue weighted by Crippen LogP contribution is 2.41. The Morgan fingerprint density at radius 1 is 1.02 bits per heavy atom. The summed E-state index contributed by atoms with van der Waals surface area (Å²) in [5.41, 5.74) is 7.49. The first kappa shape index (κ1) is 32.4. The van der Waals surface area contributed by atoms with Gasteiger partial charge in [0, 0.05) is 5.56 Å². The van der Waals surface area contributed by atoms with Crippen molar-refractivity contribution >= 4 is 29.4 Å². The minimum absolute atomic E-state index is 0.0144. The van der Waals surface area contributed by atoms with E-state index in [0.29, 0.717) is 5.56 Å². The molecule has 47 heavy (non-hydrogen) atoms. The summed E-state index contributed by atoms with van der Waals surface area (Å²) in [4.78, 5) is 47.0. The third-order valence-corrected chi connectivity index (χ3v) is 6.71. The SMILES string of the molecule is CCOC(=O)c1cc(C)cc(Oc2nc(Oc3cc(C(=N)N)ccc3C(=O)OCc3ccccc3)nc3c2NC(=O)C(C(C)O)O3)c1. The minimum atomic E-state index is -1.32. The zero-order chi connectivity index (χ0) is 33.7. The number of aromatic nitrogens is 2. The van der Waals surface area contributed by atoms with E-state index in [0.717, 1.165) is 5.56 Å². The molecule has 1 aliphatic heterocycles. The number of nitrogens with two attached hydrogens (primary N) is 1. The number of nitrogen functional groups attached to an aromatic ring is 1. The fourth-order valence-corrected chi connectivity index (χ4v) is 4.49. The van der Waals surface area contributed by atoms with Crippen molar-refractivity contribution < 1.29 is 43.2 Å². The van der Waals surface area contributed by atoms with Gasteiger partial charge >= 0.3 is 17.9 Å². The van der Waals surface area contributed by atoms with E-state index in [1.807, 2.05) is 18.2 Å². The molecule has 242 valence electrons. The molecule has 5 rings (SSSR count). The average Bonchev–Trinajstić information content (AvgIpc) is 3.04. The number of anilines is 1. The molecule has 2 heterocycles. The van der Waals surface area contributed by atoms with Gasteiger partial charge in [-0.3, -0.25) is 10.2 Å². The van der Waals surface area contributed by atoms with E-state index in [-0.39, 0.29) is 64.7 Å². The van der Waals surface area contributed by atoms with Gasteiger partial charge in [-0.25, -0.2) is 9.59 Å². The number of carbonyl (C=O) groups is 3. The van der Waals surface area contributed by atoms with Crippen molar-refractivity contribution in [2.45, 2.75) is 39.6 Å². The highest BCUT2D eigenvalue weighted by molar-refractivity contribution is 6.00. The van der Waals surface area contributed by atoms with Crippen molar-refractivity contribution in [3.05, 3.63) is 94.5 Å². The van der Waals surface area contributed by atoms with Gasteiger partial charge in [-0.05, 0) is 62.2 Å². The molecular formula is C33H31N5O9. The molecule has 1 aromatic heterocycles. The molecule has 0 bridgehead atoms. The molecule has 0 saturated carbocycles. The zero-order valence-electron chi connectivity index (χ0n) is 25.6. The molecule has 3 aromatic carbocycles. The number of hydrogen-bond acceptors (Lipinski definition) is 12. The van der Waals surface area contributed by atoms with Gasteiger partial charge in [0.1, 0.15) is 29.5 Å². The van der Waals surface area contributed by atoms with Gasteiger partial charge in [-0.15, -0.1) is 0 Å². The van der Waals surface area contributed by atoms with Gasteiger partial charge in [0.15, 0.2) is 5.69 Å². The van der Waals surface area contributed by atoms with Crippen LogP contribution >= 0.6 is 0 Å². The molecule has 0 aliphatic carbocycles. The number of hydrogen-bond donors (Lipinski definition) is 4. The predicted molar refractivity (Wildman–Crippen MR) is 167 cm³/mol. The second kappa shape index (κ2) is 14.0. The fourth-order valence-electron chi connectivity index (χ4n) is 4.49. The third-order valence-electron chi connectivity index (χ3n) is 6.71. The summed E-state index contributed by atoms with van der Waals surface area (Å²) >= 11 is 0. The van der Waals surface area contributed by atoms with Crippen LogP contribution in [0, 0.1) is 12.3 Å². The Bertz CT molecular complexity index is 1850. The largest absolute Gasteiger partial charge is 0.462 e. The quantitative estimate of drug-likeness (QED) is 0.103. The first-order valence-corrected chi connectivity index (χ1v) is 14.4. The van der Waals surface area contributed by atoms with Crippen LogP contribution < -0.4 is 25.3 Å². The number of aryl methyl sites for hydroxylation is 1. The number of amides is 1. The standard InChI is InChI=1S/C33H31N5O9/c1-4-43-31(41)21-12-17(2)13-22(14-21)45-29-25-30(47-26(18(3)39)28(40)36-25)38-33(37-29)46-24-15-20(27(34)35)10-11-23(24)32(42)44-16-19-8-6-5-7-9-19/h5-15,18,26,39H,4,16H2,1-3H3,(H3,34,35)(H,36,40). The number of esters is 2. The molecule has 14 nitrogen and oxygen atoms in total. The molecule has 2 unspecified atom stereocenters. The first-order valence-electron chi connectivity index (χ1n) is 14.4. The Morgan fingerprint density at radius 3 is 2.49 bits per heavy atom. The lowest BCUT2D eigenvalue weighted by Crippen LogP contribution is -2.44. The Balaban J connectivity index is 1.54. The van der Waals surface area contributed by atoms with Crippen LogP contribution in [0.3, 0.4) is 0 Å². The second-order valence-corrected chi connectivity index (χ2v) is 10.4. The molecule has 0 fully saturated rings. The minimum Gasteiger partial charge on any atom is -0.462 e. The van der Waals surface area contributed by atoms with Crippen LogP contribution in [0.1, 0.15) is 51.3 Å². The van der Waals surface area contributed by atoms with Crippen molar-refractivity contribution in [2.24, 2.45) is 5.73 Å². The number of benzene rings is 3. The Morgan fingerprint density at radius 2 is 1.79 bits per heavy atom. The van der Waals surface area contributed by atoms with Crippen molar-refractivity contribution in [1.29, 1.82) is 5.41 Å². The molecule has 4 aromatic rings. The summed E-state index contributed by atoms with van der Waals surface area (Å²) in [6.07, 6.45) is -2.54. The van der Waals surface area contributed by atoms with Gasteiger partial charge in [-0.2, -0.15) is 9.97 Å². The van der Waals surface area contributed by atoms with E-state index in [4.69, 9.17) is 34.8 Å². The van der Waals surface area contributed by atoms with Gasteiger partial charge in [0.05, 0.1) is 18.3 Å². The van der Waals surface area contributed by atoms with Gasteiger partial charge in [0.2, 0.25) is 12.0 Å². The van der Waals surface area contributed by atoms with Crippen LogP contribution in [0.25, 0.3) is 0 Å². The maximum atomic E-state index is 13.2. The number of carbonyl (C=O) groups excluding carboxylic acids is 3. The maximum Gasteiger partial charge on any atom is 0.342 e. The summed E-state index contributed by atoms with van der Waals surface area (Å²) in [7, 11) is 0. The van der Waals surface area contributed by atoms with Crippen molar-refractivity contribution in [2.75, 3.05) is 11.9 Å². The number of nitrogens with zero attached hydrogens (tertiary/aromatic N) is 2. The highest BCUT2D eigenvalue weighted by atomic mass is 16.6. The number of fused-ring (bicyclic) bond motifs is 1. The number of rotatable bonds is 11. The molecular weight excluding hydrogens is 610 g/mol. The number of amidine groups is 1. The lowest BCUT2D eigenvalue weighted by molar-refractivity contribution is -0.128. The van der Waals surface area contributed by atoms with Gasteiger partial charge in [-0.1, -0.05) is 36.4 Å². The van der Waals surface area contributed by atoms with Gasteiger partial charge in [0.25, 0.3) is 11.8 Å².